The summed E-state index contributed by atoms with van der Waals surface area (Å²) in [5, 5.41) is 14.6. The standard InChI is InChI=1S/C22H31N7O/c1-14(2)29(24)12-20(21(23)7-9-25-17(5)28-15(3)13-30)16(4)19-10-18-6-8-26-22(18)27-11-19/h6-12,14-15,28,30H,4-5,13,23-24H2,1-3H3,(H,26,27)/b20-12+,21-7-,25-9-/t15-/m0/s1. The fourth-order valence-electron chi connectivity index (χ4n) is 2.55. The number of allylic oxidation sites excluding steroid dienone is 2. The molecule has 8 heteroatoms. The average molecular weight is 410 g/mol. The molecule has 0 saturated heterocycles. The van der Waals surface area contributed by atoms with Crippen LogP contribution in [-0.2, 0) is 0 Å². The Morgan fingerprint density at radius 1 is 1.40 bits per heavy atom. The maximum absolute atomic E-state index is 9.09. The fourth-order valence-corrected chi connectivity index (χ4v) is 2.55. The number of aliphatic hydroxyl groups is 1. The van der Waals surface area contributed by atoms with Gasteiger partial charge in [-0.25, -0.2) is 15.8 Å². The second-order valence-electron chi connectivity index (χ2n) is 7.28. The fraction of sp³-hybridized carbons (Fsp3) is 0.273. The van der Waals surface area contributed by atoms with Gasteiger partial charge >= 0.3 is 0 Å². The van der Waals surface area contributed by atoms with Crippen LogP contribution in [0.15, 0.2) is 72.0 Å². The van der Waals surface area contributed by atoms with E-state index < -0.39 is 0 Å². The van der Waals surface area contributed by atoms with Crippen LogP contribution in [0.4, 0.5) is 0 Å². The van der Waals surface area contributed by atoms with E-state index in [0.717, 1.165) is 16.6 Å². The summed E-state index contributed by atoms with van der Waals surface area (Å²) in [6.45, 7) is 13.8. The zero-order valence-electron chi connectivity index (χ0n) is 17.8. The second kappa shape index (κ2) is 10.4. The molecule has 0 radical (unpaired) electrons. The lowest BCUT2D eigenvalue weighted by molar-refractivity contribution is 0.258. The lowest BCUT2D eigenvalue weighted by atomic mass is 9.98. The molecule has 0 spiro atoms. The molecule has 2 rings (SSSR count). The van der Waals surface area contributed by atoms with E-state index >= 15 is 0 Å². The molecule has 0 aromatic carbocycles. The third-order valence-electron chi connectivity index (χ3n) is 4.43. The Morgan fingerprint density at radius 2 is 2.13 bits per heavy atom. The van der Waals surface area contributed by atoms with E-state index in [1.807, 2.05) is 39.1 Å². The topological polar surface area (TPSA) is 129 Å². The van der Waals surface area contributed by atoms with Gasteiger partial charge in [0.15, 0.2) is 0 Å². The van der Waals surface area contributed by atoms with Crippen molar-refractivity contribution in [1.29, 1.82) is 0 Å². The van der Waals surface area contributed by atoms with Crippen molar-refractivity contribution in [3.63, 3.8) is 0 Å². The first-order valence-corrected chi connectivity index (χ1v) is 9.67. The minimum atomic E-state index is -0.140. The summed E-state index contributed by atoms with van der Waals surface area (Å²) >= 11 is 0. The van der Waals surface area contributed by atoms with Crippen molar-refractivity contribution in [2.45, 2.75) is 32.9 Å². The lowest BCUT2D eigenvalue weighted by Gasteiger charge is -2.21. The predicted molar refractivity (Wildman–Crippen MR) is 124 cm³/mol. The highest BCUT2D eigenvalue weighted by atomic mass is 16.3. The monoisotopic (exact) mass is 409 g/mol. The van der Waals surface area contributed by atoms with E-state index in [0.29, 0.717) is 22.7 Å². The van der Waals surface area contributed by atoms with Gasteiger partial charge in [-0.05, 0) is 44.6 Å². The molecule has 2 aromatic rings. The van der Waals surface area contributed by atoms with Crippen molar-refractivity contribution in [3.8, 4) is 0 Å². The van der Waals surface area contributed by atoms with Crippen LogP contribution < -0.4 is 16.9 Å². The molecule has 7 N–H and O–H groups in total. The highest BCUT2D eigenvalue weighted by Crippen LogP contribution is 2.27. The zero-order chi connectivity index (χ0) is 22.3. The Bertz CT molecular complexity index is 984. The van der Waals surface area contributed by atoms with Gasteiger partial charge < -0.3 is 26.1 Å². The molecule has 8 nitrogen and oxygen atoms in total. The number of pyridine rings is 1. The lowest BCUT2D eigenvalue weighted by Crippen LogP contribution is -2.33. The largest absolute Gasteiger partial charge is 0.398 e. The van der Waals surface area contributed by atoms with Crippen molar-refractivity contribution < 1.29 is 5.11 Å². The van der Waals surface area contributed by atoms with E-state index in [-0.39, 0.29) is 18.7 Å². The molecule has 30 heavy (non-hydrogen) atoms. The van der Waals surface area contributed by atoms with Gasteiger partial charge in [0.1, 0.15) is 11.5 Å². The van der Waals surface area contributed by atoms with Gasteiger partial charge in [-0.2, -0.15) is 0 Å². The quantitative estimate of drug-likeness (QED) is 0.177. The van der Waals surface area contributed by atoms with E-state index in [1.54, 1.807) is 29.7 Å². The van der Waals surface area contributed by atoms with Gasteiger partial charge in [0.2, 0.25) is 0 Å². The number of hydrazine groups is 1. The first-order valence-electron chi connectivity index (χ1n) is 9.67. The molecular formula is C22H31N7O. The van der Waals surface area contributed by atoms with Crippen LogP contribution in [0.3, 0.4) is 0 Å². The molecule has 0 unspecified atom stereocenters. The smallest absolute Gasteiger partial charge is 0.137 e. The number of H-pyrrole nitrogens is 1. The van der Waals surface area contributed by atoms with Gasteiger partial charge in [0.25, 0.3) is 0 Å². The Kier molecular flexibility index (Phi) is 7.97. The Morgan fingerprint density at radius 3 is 2.80 bits per heavy atom. The van der Waals surface area contributed by atoms with Crippen molar-refractivity contribution in [2.24, 2.45) is 16.6 Å². The maximum Gasteiger partial charge on any atom is 0.137 e. The zero-order valence-corrected chi connectivity index (χ0v) is 17.8. The van der Waals surface area contributed by atoms with Gasteiger partial charge in [-0.3, -0.25) is 0 Å². The number of nitrogens with two attached hydrogens (primary N) is 2. The van der Waals surface area contributed by atoms with Crippen LogP contribution in [0.2, 0.25) is 0 Å². The molecule has 2 aromatic heterocycles. The molecule has 0 fully saturated rings. The van der Waals surface area contributed by atoms with Gasteiger partial charge in [-0.1, -0.05) is 13.2 Å². The molecule has 0 aliphatic heterocycles. The van der Waals surface area contributed by atoms with Crippen LogP contribution in [0.5, 0.6) is 0 Å². The highest BCUT2D eigenvalue weighted by Gasteiger charge is 2.12. The number of aliphatic imine (C=N–C) groups is 1. The van der Waals surface area contributed by atoms with E-state index in [4.69, 9.17) is 16.7 Å². The minimum absolute atomic E-state index is 0.0136. The number of hydrogen-bond donors (Lipinski definition) is 5. The number of hydrogen-bond acceptors (Lipinski definition) is 7. The highest BCUT2D eigenvalue weighted by molar-refractivity contribution is 5.88. The summed E-state index contributed by atoms with van der Waals surface area (Å²) in [5.74, 6) is 6.55. The minimum Gasteiger partial charge on any atom is -0.398 e. The van der Waals surface area contributed by atoms with Gasteiger partial charge in [-0.15, -0.1) is 0 Å². The van der Waals surface area contributed by atoms with E-state index in [1.165, 1.54) is 0 Å². The normalized spacial score (nSPS) is 13.8. The molecule has 0 aliphatic carbocycles. The number of aliphatic hydroxyl groups excluding tert-OH is 1. The SMILES string of the molecule is C=C(\N=C/C=C(N)/C(=C/N(N)C(C)C)C(=C)c1cnc2[nH]ccc2c1)N[C@@H](C)CO. The number of fused-ring (bicyclic) bond motifs is 1. The number of aromatic nitrogens is 2. The Hall–Kier alpha value is -3.36. The first kappa shape index (κ1) is 22.9. The second-order valence-corrected chi connectivity index (χ2v) is 7.28. The average Bonchev–Trinajstić information content (AvgIpc) is 3.18. The van der Waals surface area contributed by atoms with E-state index in [2.05, 4.69) is 33.4 Å². The van der Waals surface area contributed by atoms with Crippen molar-refractivity contribution >= 4 is 22.8 Å². The van der Waals surface area contributed by atoms with Crippen LogP contribution in [0.1, 0.15) is 26.3 Å². The van der Waals surface area contributed by atoms with Crippen LogP contribution >= 0.6 is 0 Å². The van der Waals surface area contributed by atoms with Crippen LogP contribution in [-0.4, -0.2) is 45.0 Å². The van der Waals surface area contributed by atoms with Crippen molar-refractivity contribution in [2.75, 3.05) is 6.61 Å². The summed E-state index contributed by atoms with van der Waals surface area (Å²) in [7, 11) is 0. The molecule has 0 amide bonds. The summed E-state index contributed by atoms with van der Waals surface area (Å²) in [6.07, 6.45) is 8.54. The maximum atomic E-state index is 9.09. The van der Waals surface area contributed by atoms with Crippen molar-refractivity contribution in [1.82, 2.24) is 20.3 Å². The third kappa shape index (κ3) is 6.07. The van der Waals surface area contributed by atoms with Gasteiger partial charge in [0.05, 0.1) is 6.61 Å². The Labute approximate surface area is 177 Å². The molecule has 0 saturated carbocycles. The molecule has 0 aliphatic rings. The predicted octanol–water partition coefficient (Wildman–Crippen LogP) is 2.40. The first-order chi connectivity index (χ1) is 14.2. The molecular weight excluding hydrogens is 378 g/mol. The number of nitrogens with zero attached hydrogens (tertiary/aromatic N) is 3. The molecule has 1 atom stereocenters. The summed E-state index contributed by atoms with van der Waals surface area (Å²) in [5.41, 5.74) is 9.79. The molecule has 0 bridgehead atoms. The summed E-state index contributed by atoms with van der Waals surface area (Å²) in [4.78, 5) is 11.7. The van der Waals surface area contributed by atoms with Crippen LogP contribution in [0, 0.1) is 0 Å². The number of rotatable bonds is 10. The number of nitrogens with one attached hydrogen (secondary N) is 2. The summed E-state index contributed by atoms with van der Waals surface area (Å²) in [6, 6.07) is 3.88. The Balaban J connectivity index is 2.32. The summed E-state index contributed by atoms with van der Waals surface area (Å²) < 4.78 is 0. The molecule has 2 heterocycles. The van der Waals surface area contributed by atoms with E-state index in [9.17, 15) is 0 Å². The van der Waals surface area contributed by atoms with Crippen LogP contribution in [0.25, 0.3) is 16.6 Å². The molecule has 160 valence electrons. The van der Waals surface area contributed by atoms with Crippen molar-refractivity contribution in [3.05, 3.63) is 72.6 Å². The third-order valence-corrected chi connectivity index (χ3v) is 4.43. The van der Waals surface area contributed by atoms with Gasteiger partial charge in [0, 0.05) is 59.1 Å². The number of aromatic amines is 1.